The Bertz CT molecular complexity index is 1150. The van der Waals surface area contributed by atoms with Crippen LogP contribution in [0.25, 0.3) is 16.4 Å². The molecule has 0 unspecified atom stereocenters. The molecule has 0 saturated heterocycles. The summed E-state index contributed by atoms with van der Waals surface area (Å²) in [4.78, 5) is 17.4. The Balaban J connectivity index is 2.00. The topological polar surface area (TPSA) is 75.3 Å². The van der Waals surface area contributed by atoms with Gasteiger partial charge in [-0.15, -0.1) is 11.3 Å². The molecule has 2 aromatic heterocycles. The van der Waals surface area contributed by atoms with Crippen molar-refractivity contribution in [2.24, 2.45) is 0 Å². The monoisotopic (exact) mass is 394 g/mol. The normalized spacial score (nSPS) is 10.9. The van der Waals surface area contributed by atoms with Gasteiger partial charge in [0.25, 0.3) is 0 Å². The molecule has 2 heterocycles. The Labute approximate surface area is 164 Å². The van der Waals surface area contributed by atoms with Crippen LogP contribution in [-0.4, -0.2) is 25.5 Å². The van der Waals surface area contributed by atoms with Crippen molar-refractivity contribution >= 4 is 17.1 Å². The molecule has 0 fully saturated rings. The summed E-state index contributed by atoms with van der Waals surface area (Å²) in [7, 11) is 0. The van der Waals surface area contributed by atoms with E-state index < -0.39 is 23.2 Å². The van der Waals surface area contributed by atoms with Crippen molar-refractivity contribution in [1.29, 1.82) is 0 Å². The summed E-state index contributed by atoms with van der Waals surface area (Å²) in [5.74, 6) is -1.93. The maximum absolute atomic E-state index is 13.4. The maximum Gasteiger partial charge on any atom is 0.242 e. The van der Waals surface area contributed by atoms with E-state index in [1.54, 1.807) is 35.8 Å². The molecule has 28 heavy (non-hydrogen) atoms. The number of carbonyl (C=O) groups is 1. The lowest BCUT2D eigenvalue weighted by molar-refractivity contribution is 0.103. The number of halogens is 1. The van der Waals surface area contributed by atoms with Gasteiger partial charge in [0, 0.05) is 17.1 Å². The highest BCUT2D eigenvalue weighted by Crippen LogP contribution is 2.44. The highest BCUT2D eigenvalue weighted by atomic mass is 32.1. The first kappa shape index (κ1) is 17.9. The Hall–Kier alpha value is -3.45. The first-order chi connectivity index (χ1) is 13.5. The van der Waals surface area contributed by atoms with E-state index in [1.807, 2.05) is 6.92 Å². The third kappa shape index (κ3) is 2.95. The average Bonchev–Trinajstić information content (AvgIpc) is 3.30. The highest BCUT2D eigenvalue weighted by Gasteiger charge is 2.30. The zero-order valence-corrected chi connectivity index (χ0v) is 15.6. The highest BCUT2D eigenvalue weighted by molar-refractivity contribution is 7.12. The summed E-state index contributed by atoms with van der Waals surface area (Å²) < 4.78 is 14.7. The second kappa shape index (κ2) is 6.94. The molecule has 0 radical (unpaired) electrons. The van der Waals surface area contributed by atoms with E-state index in [1.165, 1.54) is 40.2 Å². The molecule has 0 spiro atoms. The third-order valence-corrected chi connectivity index (χ3v) is 5.15. The van der Waals surface area contributed by atoms with Crippen LogP contribution in [0.1, 0.15) is 21.5 Å². The number of hydrogen-bond donors (Lipinski definition) is 2. The van der Waals surface area contributed by atoms with E-state index in [0.717, 1.165) is 5.56 Å². The SMILES string of the molecule is Cc1ccc(C(=O)c2c(O)c(O)n(-c3nccs3)c2-c2ccc(F)cc2)cc1. The lowest BCUT2D eigenvalue weighted by Gasteiger charge is -2.09. The van der Waals surface area contributed by atoms with Gasteiger partial charge < -0.3 is 10.2 Å². The number of hydrogen-bond acceptors (Lipinski definition) is 5. The van der Waals surface area contributed by atoms with Crippen LogP contribution in [-0.2, 0) is 0 Å². The molecule has 0 aliphatic carbocycles. The van der Waals surface area contributed by atoms with Crippen LogP contribution in [0, 0.1) is 12.7 Å². The summed E-state index contributed by atoms with van der Waals surface area (Å²) in [6.07, 6.45) is 1.55. The zero-order valence-electron chi connectivity index (χ0n) is 14.8. The van der Waals surface area contributed by atoms with E-state index in [4.69, 9.17) is 0 Å². The number of rotatable bonds is 4. The molecular weight excluding hydrogens is 379 g/mol. The molecule has 0 bridgehead atoms. The molecule has 0 aliphatic heterocycles. The lowest BCUT2D eigenvalue weighted by Crippen LogP contribution is -2.05. The fraction of sp³-hybridized carbons (Fsp3) is 0.0476. The maximum atomic E-state index is 13.4. The fourth-order valence-electron chi connectivity index (χ4n) is 3.01. The number of carbonyl (C=O) groups excluding carboxylic acids is 1. The number of aryl methyl sites for hydroxylation is 1. The molecule has 4 aromatic rings. The van der Waals surface area contributed by atoms with Gasteiger partial charge in [0.2, 0.25) is 5.88 Å². The number of aromatic hydroxyl groups is 2. The minimum absolute atomic E-state index is 0.0665. The summed E-state index contributed by atoms with van der Waals surface area (Å²) in [6, 6.07) is 12.4. The molecule has 4 rings (SSSR count). The lowest BCUT2D eigenvalue weighted by atomic mass is 9.98. The van der Waals surface area contributed by atoms with Crippen LogP contribution in [0.3, 0.4) is 0 Å². The van der Waals surface area contributed by atoms with Gasteiger partial charge >= 0.3 is 0 Å². The van der Waals surface area contributed by atoms with Crippen LogP contribution in [0.4, 0.5) is 4.39 Å². The molecule has 0 aliphatic rings. The van der Waals surface area contributed by atoms with Crippen LogP contribution in [0.15, 0.2) is 60.1 Å². The number of aromatic nitrogens is 2. The van der Waals surface area contributed by atoms with Crippen LogP contribution in [0.5, 0.6) is 11.6 Å². The predicted molar refractivity (Wildman–Crippen MR) is 105 cm³/mol. The summed E-state index contributed by atoms with van der Waals surface area (Å²) in [6.45, 7) is 1.90. The van der Waals surface area contributed by atoms with Crippen LogP contribution in [0.2, 0.25) is 0 Å². The smallest absolute Gasteiger partial charge is 0.242 e. The van der Waals surface area contributed by atoms with E-state index >= 15 is 0 Å². The van der Waals surface area contributed by atoms with Crippen molar-refractivity contribution in [3.05, 3.63) is 82.6 Å². The number of thiazole rings is 1. The van der Waals surface area contributed by atoms with E-state index in [-0.39, 0.29) is 11.3 Å². The second-order valence-corrected chi connectivity index (χ2v) is 7.12. The molecule has 5 nitrogen and oxygen atoms in total. The average molecular weight is 394 g/mol. The Kier molecular flexibility index (Phi) is 4.44. The van der Waals surface area contributed by atoms with Crippen molar-refractivity contribution in [3.63, 3.8) is 0 Å². The fourth-order valence-corrected chi connectivity index (χ4v) is 3.65. The Morgan fingerprint density at radius 3 is 2.36 bits per heavy atom. The van der Waals surface area contributed by atoms with E-state index in [9.17, 15) is 19.4 Å². The first-order valence-electron chi connectivity index (χ1n) is 8.41. The molecule has 140 valence electrons. The van der Waals surface area contributed by atoms with Gasteiger partial charge in [0.1, 0.15) is 5.82 Å². The Morgan fingerprint density at radius 1 is 1.07 bits per heavy atom. The zero-order chi connectivity index (χ0) is 19.8. The summed E-state index contributed by atoms with van der Waals surface area (Å²) in [5, 5.41) is 23.3. The number of nitrogens with zero attached hydrogens (tertiary/aromatic N) is 2. The molecular formula is C21H15FN2O3S. The van der Waals surface area contributed by atoms with Gasteiger partial charge in [0.05, 0.1) is 11.3 Å². The van der Waals surface area contributed by atoms with Gasteiger partial charge in [0.15, 0.2) is 16.7 Å². The Morgan fingerprint density at radius 2 is 1.75 bits per heavy atom. The van der Waals surface area contributed by atoms with Crippen molar-refractivity contribution in [2.45, 2.75) is 6.92 Å². The molecule has 0 atom stereocenters. The quantitative estimate of drug-likeness (QED) is 0.493. The van der Waals surface area contributed by atoms with Crippen molar-refractivity contribution in [1.82, 2.24) is 9.55 Å². The van der Waals surface area contributed by atoms with Gasteiger partial charge in [-0.3, -0.25) is 9.36 Å². The van der Waals surface area contributed by atoms with Gasteiger partial charge in [-0.1, -0.05) is 29.8 Å². The summed E-state index contributed by atoms with van der Waals surface area (Å²) >= 11 is 1.23. The minimum Gasteiger partial charge on any atom is -0.503 e. The van der Waals surface area contributed by atoms with Crippen molar-refractivity contribution in [3.8, 4) is 28.0 Å². The van der Waals surface area contributed by atoms with Crippen LogP contribution < -0.4 is 0 Å². The molecule has 0 amide bonds. The van der Waals surface area contributed by atoms with Crippen molar-refractivity contribution in [2.75, 3.05) is 0 Å². The molecule has 2 N–H and O–H groups in total. The minimum atomic E-state index is -0.542. The van der Waals surface area contributed by atoms with Crippen LogP contribution >= 0.6 is 11.3 Å². The molecule has 2 aromatic carbocycles. The second-order valence-electron chi connectivity index (χ2n) is 6.25. The number of ketones is 1. The van der Waals surface area contributed by atoms with Crippen molar-refractivity contribution < 1.29 is 19.4 Å². The van der Waals surface area contributed by atoms with Gasteiger partial charge in [-0.05, 0) is 36.8 Å². The van der Waals surface area contributed by atoms with Gasteiger partial charge in [-0.2, -0.15) is 0 Å². The first-order valence-corrected chi connectivity index (χ1v) is 9.29. The standard InChI is InChI=1S/C21H15FN2O3S/c1-12-2-4-14(5-3-12)18(25)16-17(13-6-8-15(22)9-7-13)24(20(27)19(16)26)21-23-10-11-28-21/h2-11,26-27H,1H3. The predicted octanol–water partition coefficient (Wildman–Crippen LogP) is 4.69. The van der Waals surface area contributed by atoms with E-state index in [0.29, 0.717) is 16.3 Å². The summed E-state index contributed by atoms with van der Waals surface area (Å²) in [5.41, 5.74) is 1.99. The third-order valence-electron chi connectivity index (χ3n) is 4.39. The van der Waals surface area contributed by atoms with E-state index in [2.05, 4.69) is 4.98 Å². The largest absolute Gasteiger partial charge is 0.503 e. The number of benzene rings is 2. The van der Waals surface area contributed by atoms with Gasteiger partial charge in [-0.25, -0.2) is 9.37 Å². The molecule has 7 heteroatoms. The molecule has 0 saturated carbocycles.